The molecular weight excluding hydrogens is 470 g/mol. The van der Waals surface area contributed by atoms with Crippen LogP contribution >= 0.6 is 11.6 Å². The quantitative estimate of drug-likeness (QED) is 0.450. The minimum absolute atomic E-state index is 0.0507. The SMILES string of the molecule is COCC(C)n1c(NS(=O)(=O)C(C)C(OC)c2ncc(Cl)cn2)nnc1-c1cncc(C)c1. The Morgan fingerprint density at radius 2 is 1.82 bits per heavy atom. The van der Waals surface area contributed by atoms with E-state index in [1.54, 1.807) is 24.1 Å². The van der Waals surface area contributed by atoms with Gasteiger partial charge in [-0.1, -0.05) is 11.6 Å². The van der Waals surface area contributed by atoms with E-state index < -0.39 is 21.4 Å². The number of nitrogens with zero attached hydrogens (tertiary/aromatic N) is 6. The summed E-state index contributed by atoms with van der Waals surface area (Å²) >= 11 is 5.84. The molecule has 3 aromatic heterocycles. The summed E-state index contributed by atoms with van der Waals surface area (Å²) < 4.78 is 41.5. The lowest BCUT2D eigenvalue weighted by atomic mass is 10.2. The first kappa shape index (κ1) is 25.0. The number of nitrogens with one attached hydrogen (secondary N) is 1. The number of hydrogen-bond acceptors (Lipinski definition) is 9. The Morgan fingerprint density at radius 3 is 2.42 bits per heavy atom. The Balaban J connectivity index is 1.97. The van der Waals surface area contributed by atoms with E-state index in [0.717, 1.165) is 5.56 Å². The number of aryl methyl sites for hydroxylation is 1. The molecule has 33 heavy (non-hydrogen) atoms. The fraction of sp³-hybridized carbons (Fsp3) is 0.450. The van der Waals surface area contributed by atoms with Gasteiger partial charge >= 0.3 is 0 Å². The van der Waals surface area contributed by atoms with Crippen LogP contribution in [-0.4, -0.2) is 64.2 Å². The molecule has 3 atom stereocenters. The highest BCUT2D eigenvalue weighted by atomic mass is 35.5. The molecule has 0 saturated carbocycles. The lowest BCUT2D eigenvalue weighted by Crippen LogP contribution is -2.34. The summed E-state index contributed by atoms with van der Waals surface area (Å²) in [6.07, 6.45) is 5.19. The molecule has 0 aromatic carbocycles. The zero-order chi connectivity index (χ0) is 24.2. The third kappa shape index (κ3) is 5.64. The summed E-state index contributed by atoms with van der Waals surface area (Å²) in [7, 11) is -1.04. The van der Waals surface area contributed by atoms with Crippen molar-refractivity contribution in [3.63, 3.8) is 0 Å². The fourth-order valence-electron chi connectivity index (χ4n) is 3.33. The van der Waals surface area contributed by atoms with E-state index in [1.807, 2.05) is 19.9 Å². The molecular formula is C20H26ClN7O4S. The van der Waals surface area contributed by atoms with Crippen LogP contribution in [0, 0.1) is 6.92 Å². The van der Waals surface area contributed by atoms with Gasteiger partial charge in [0.1, 0.15) is 11.4 Å². The molecule has 0 aliphatic rings. The summed E-state index contributed by atoms with van der Waals surface area (Å²) in [6, 6.07) is 1.62. The van der Waals surface area contributed by atoms with Crippen LogP contribution < -0.4 is 4.72 Å². The minimum atomic E-state index is -4.00. The Bertz CT molecular complexity index is 1190. The zero-order valence-electron chi connectivity index (χ0n) is 18.9. The molecule has 178 valence electrons. The monoisotopic (exact) mass is 495 g/mol. The Labute approximate surface area is 197 Å². The lowest BCUT2D eigenvalue weighted by Gasteiger charge is -2.23. The number of methoxy groups -OCH3 is 2. The molecule has 11 nitrogen and oxygen atoms in total. The molecule has 3 rings (SSSR count). The number of hydrogen-bond donors (Lipinski definition) is 1. The van der Waals surface area contributed by atoms with Gasteiger partial charge in [-0.15, -0.1) is 10.2 Å². The molecule has 1 N–H and O–H groups in total. The number of ether oxygens (including phenoxy) is 2. The maximum absolute atomic E-state index is 13.3. The highest BCUT2D eigenvalue weighted by Gasteiger charge is 2.34. The summed E-state index contributed by atoms with van der Waals surface area (Å²) in [5.74, 6) is 0.709. The van der Waals surface area contributed by atoms with Crippen LogP contribution in [0.3, 0.4) is 0 Å². The van der Waals surface area contributed by atoms with E-state index in [0.29, 0.717) is 23.0 Å². The molecule has 0 aliphatic carbocycles. The molecule has 3 unspecified atom stereocenters. The van der Waals surface area contributed by atoms with E-state index >= 15 is 0 Å². The van der Waals surface area contributed by atoms with Crippen molar-refractivity contribution in [2.75, 3.05) is 25.5 Å². The van der Waals surface area contributed by atoms with Crippen LogP contribution in [0.1, 0.15) is 37.4 Å². The second-order valence-corrected chi connectivity index (χ2v) is 10.0. The standard InChI is InChI=1S/C20H26ClN7O4S/c1-12-6-15(8-22-7-12)19-25-26-20(28(19)13(2)11-31-4)27-33(29,30)14(3)17(32-5)18-23-9-16(21)10-24-18/h6-10,13-14,17H,11H2,1-5H3,(H,26,27). The van der Waals surface area contributed by atoms with Gasteiger partial charge in [-0.25, -0.2) is 18.4 Å². The van der Waals surface area contributed by atoms with Gasteiger partial charge in [-0.3, -0.25) is 14.3 Å². The molecule has 13 heteroatoms. The van der Waals surface area contributed by atoms with Crippen LogP contribution in [0.4, 0.5) is 5.95 Å². The van der Waals surface area contributed by atoms with Crippen LogP contribution in [0.25, 0.3) is 11.4 Å². The lowest BCUT2D eigenvalue weighted by molar-refractivity contribution is 0.0950. The molecule has 3 heterocycles. The van der Waals surface area contributed by atoms with Gasteiger partial charge in [0.25, 0.3) is 0 Å². The number of anilines is 1. The Morgan fingerprint density at radius 1 is 1.12 bits per heavy atom. The van der Waals surface area contributed by atoms with Crippen molar-refractivity contribution in [1.29, 1.82) is 0 Å². The normalized spacial score (nSPS) is 14.6. The van der Waals surface area contributed by atoms with Crippen molar-refractivity contribution in [3.05, 3.63) is 47.3 Å². The maximum Gasteiger partial charge on any atom is 0.240 e. The van der Waals surface area contributed by atoms with Crippen LogP contribution in [0.15, 0.2) is 30.9 Å². The second-order valence-electron chi connectivity index (χ2n) is 7.54. The first-order valence-corrected chi connectivity index (χ1v) is 12.0. The van der Waals surface area contributed by atoms with Gasteiger partial charge in [0.15, 0.2) is 11.6 Å². The van der Waals surface area contributed by atoms with Gasteiger partial charge in [0, 0.05) is 44.6 Å². The average molecular weight is 496 g/mol. The Kier molecular flexibility index (Phi) is 7.95. The van der Waals surface area contributed by atoms with E-state index in [2.05, 4.69) is 29.9 Å². The Hall–Kier alpha value is -2.67. The number of pyridine rings is 1. The predicted octanol–water partition coefficient (Wildman–Crippen LogP) is 2.82. The number of sulfonamides is 1. The highest BCUT2D eigenvalue weighted by molar-refractivity contribution is 7.93. The van der Waals surface area contributed by atoms with E-state index in [-0.39, 0.29) is 17.8 Å². The predicted molar refractivity (Wildman–Crippen MR) is 123 cm³/mol. The topological polar surface area (TPSA) is 134 Å². The van der Waals surface area contributed by atoms with Crippen LogP contribution in [0.5, 0.6) is 0 Å². The molecule has 0 amide bonds. The molecule has 3 aromatic rings. The van der Waals surface area contributed by atoms with Crippen molar-refractivity contribution in [2.45, 2.75) is 38.2 Å². The van der Waals surface area contributed by atoms with Crippen molar-refractivity contribution < 1.29 is 17.9 Å². The van der Waals surface area contributed by atoms with Crippen molar-refractivity contribution in [1.82, 2.24) is 29.7 Å². The molecule has 0 spiro atoms. The van der Waals surface area contributed by atoms with Gasteiger partial charge in [0.2, 0.25) is 16.0 Å². The highest BCUT2D eigenvalue weighted by Crippen LogP contribution is 2.28. The molecule has 0 fully saturated rings. The zero-order valence-corrected chi connectivity index (χ0v) is 20.5. The first-order valence-electron chi connectivity index (χ1n) is 10.1. The van der Waals surface area contributed by atoms with E-state index in [1.165, 1.54) is 26.4 Å². The third-order valence-electron chi connectivity index (χ3n) is 4.98. The summed E-state index contributed by atoms with van der Waals surface area (Å²) in [5, 5.41) is 7.61. The second kappa shape index (κ2) is 10.5. The third-order valence-corrected chi connectivity index (χ3v) is 6.86. The number of rotatable bonds is 10. The van der Waals surface area contributed by atoms with Gasteiger partial charge in [0.05, 0.1) is 17.7 Å². The largest absolute Gasteiger partial charge is 0.383 e. The van der Waals surface area contributed by atoms with E-state index in [9.17, 15) is 8.42 Å². The van der Waals surface area contributed by atoms with E-state index in [4.69, 9.17) is 21.1 Å². The fourth-order valence-corrected chi connectivity index (χ4v) is 4.56. The summed E-state index contributed by atoms with van der Waals surface area (Å²) in [4.78, 5) is 12.4. The van der Waals surface area contributed by atoms with Crippen molar-refractivity contribution in [3.8, 4) is 11.4 Å². The van der Waals surface area contributed by atoms with Gasteiger partial charge in [-0.05, 0) is 32.4 Å². The maximum atomic E-state index is 13.3. The molecule has 0 aliphatic heterocycles. The summed E-state index contributed by atoms with van der Waals surface area (Å²) in [6.45, 7) is 5.60. The molecule has 0 radical (unpaired) electrons. The smallest absolute Gasteiger partial charge is 0.240 e. The van der Waals surface area contributed by atoms with Crippen LogP contribution in [-0.2, 0) is 19.5 Å². The number of aromatic nitrogens is 6. The number of halogens is 1. The molecule has 0 bridgehead atoms. The van der Waals surface area contributed by atoms with Gasteiger partial charge < -0.3 is 9.47 Å². The molecule has 0 saturated heterocycles. The average Bonchev–Trinajstić information content (AvgIpc) is 3.18. The van der Waals surface area contributed by atoms with Gasteiger partial charge in [-0.2, -0.15) is 0 Å². The van der Waals surface area contributed by atoms with Crippen LogP contribution in [0.2, 0.25) is 5.02 Å². The summed E-state index contributed by atoms with van der Waals surface area (Å²) in [5.41, 5.74) is 1.64. The first-order chi connectivity index (χ1) is 15.7. The van der Waals surface area contributed by atoms with Crippen molar-refractivity contribution >= 4 is 27.6 Å². The van der Waals surface area contributed by atoms with Crippen molar-refractivity contribution in [2.24, 2.45) is 0 Å². The minimum Gasteiger partial charge on any atom is -0.383 e.